The van der Waals surface area contributed by atoms with Gasteiger partial charge in [-0.2, -0.15) is 0 Å². The molecule has 0 saturated heterocycles. The molecule has 0 bridgehead atoms. The highest BCUT2D eigenvalue weighted by atomic mass is 35.5. The number of carbonyl (C=O) groups excluding carboxylic acids is 2. The van der Waals surface area contributed by atoms with Gasteiger partial charge in [0.1, 0.15) is 0 Å². The number of hydrogen-bond donors (Lipinski definition) is 3. The van der Waals surface area contributed by atoms with Crippen LogP contribution in [0.4, 0.5) is 10.5 Å². The molecule has 0 heterocycles. The van der Waals surface area contributed by atoms with Gasteiger partial charge in [-0.3, -0.25) is 4.79 Å². The average Bonchev–Trinajstić information content (AvgIpc) is 2.58. The smallest absolute Gasteiger partial charge is 0.315 e. The molecule has 0 aliphatic heterocycles. The number of rotatable bonds is 7. The summed E-state index contributed by atoms with van der Waals surface area (Å²) in [6, 6.07) is 14.7. The third-order valence-corrected chi connectivity index (χ3v) is 4.44. The monoisotopic (exact) mass is 377 g/mol. The molecule has 0 fully saturated rings. The van der Waals surface area contributed by atoms with Gasteiger partial charge in [-0.25, -0.2) is 4.79 Å². The number of anilines is 1. The second-order valence-corrected chi connectivity index (χ2v) is 6.90. The summed E-state index contributed by atoms with van der Waals surface area (Å²) in [7, 11) is 0. The summed E-state index contributed by atoms with van der Waals surface area (Å²) in [6.07, 6.45) is 0. The van der Waals surface area contributed by atoms with E-state index in [1.165, 1.54) is 6.92 Å². The number of amides is 3. The van der Waals surface area contributed by atoms with Crippen molar-refractivity contribution in [1.82, 2.24) is 10.6 Å². The molecule has 2 rings (SSSR count). The molecule has 3 amide bonds. The minimum atomic E-state index is -0.221. The van der Waals surface area contributed by atoms with Gasteiger partial charge in [0.15, 0.2) is 0 Å². The number of carbonyl (C=O) groups is 2. The van der Waals surface area contributed by atoms with Gasteiger partial charge in [0.05, 0.1) is 0 Å². The summed E-state index contributed by atoms with van der Waals surface area (Å²) < 4.78 is 0. The van der Waals surface area contributed by atoms with E-state index in [9.17, 15) is 9.59 Å². The number of urea groups is 1. The van der Waals surface area contributed by atoms with Crippen molar-refractivity contribution < 1.29 is 9.59 Å². The zero-order valence-electron chi connectivity index (χ0n) is 13.8. The molecule has 0 saturated carbocycles. The molecule has 0 atom stereocenters. The molecule has 25 heavy (non-hydrogen) atoms. The Morgan fingerprint density at radius 3 is 2.56 bits per heavy atom. The normalized spacial score (nSPS) is 10.2. The Morgan fingerprint density at radius 2 is 1.84 bits per heavy atom. The van der Waals surface area contributed by atoms with E-state index in [4.69, 9.17) is 11.6 Å². The van der Waals surface area contributed by atoms with E-state index >= 15 is 0 Å². The molecule has 0 aliphatic carbocycles. The summed E-state index contributed by atoms with van der Waals surface area (Å²) in [4.78, 5) is 24.0. The maximum atomic E-state index is 11.8. The van der Waals surface area contributed by atoms with Crippen LogP contribution in [0.15, 0.2) is 53.4 Å². The lowest BCUT2D eigenvalue weighted by atomic mass is 10.2. The highest BCUT2D eigenvalue weighted by Gasteiger charge is 2.02. The van der Waals surface area contributed by atoms with Crippen molar-refractivity contribution in [3.05, 3.63) is 59.1 Å². The Balaban J connectivity index is 1.67. The van der Waals surface area contributed by atoms with Gasteiger partial charge >= 0.3 is 6.03 Å². The van der Waals surface area contributed by atoms with Crippen LogP contribution in [0.2, 0.25) is 5.02 Å². The average molecular weight is 378 g/mol. The van der Waals surface area contributed by atoms with Crippen LogP contribution >= 0.6 is 23.4 Å². The molecule has 132 valence electrons. The van der Waals surface area contributed by atoms with Crippen LogP contribution in [0.1, 0.15) is 12.5 Å². The van der Waals surface area contributed by atoms with Crippen LogP contribution in [0, 0.1) is 0 Å². The van der Waals surface area contributed by atoms with Gasteiger partial charge in [0.25, 0.3) is 0 Å². The topological polar surface area (TPSA) is 70.2 Å². The zero-order chi connectivity index (χ0) is 18.1. The van der Waals surface area contributed by atoms with Crippen LogP contribution < -0.4 is 16.0 Å². The number of nitrogens with one attached hydrogen (secondary N) is 3. The van der Waals surface area contributed by atoms with E-state index in [-0.39, 0.29) is 11.9 Å². The van der Waals surface area contributed by atoms with Crippen molar-refractivity contribution in [2.75, 3.05) is 17.6 Å². The number of halogens is 1. The Bertz CT molecular complexity index is 723. The Morgan fingerprint density at radius 1 is 1.08 bits per heavy atom. The molecule has 0 aromatic heterocycles. The summed E-state index contributed by atoms with van der Waals surface area (Å²) in [5.41, 5.74) is 1.63. The summed E-state index contributed by atoms with van der Waals surface area (Å²) in [5.74, 6) is 0.647. The van der Waals surface area contributed by atoms with E-state index in [0.29, 0.717) is 23.8 Å². The maximum Gasteiger partial charge on any atom is 0.315 e. The van der Waals surface area contributed by atoms with Crippen LogP contribution in [0.5, 0.6) is 0 Å². The zero-order valence-corrected chi connectivity index (χ0v) is 15.4. The van der Waals surface area contributed by atoms with Gasteiger partial charge in [0, 0.05) is 41.4 Å². The van der Waals surface area contributed by atoms with Gasteiger partial charge in [-0.05, 0) is 42.0 Å². The second-order valence-electron chi connectivity index (χ2n) is 5.29. The lowest BCUT2D eigenvalue weighted by molar-refractivity contribution is -0.114. The SMILES string of the molecule is CC(=O)Nc1cccc(CNC(=O)NCCSc2ccc(Cl)cc2)c1. The van der Waals surface area contributed by atoms with E-state index in [2.05, 4.69) is 16.0 Å². The van der Waals surface area contributed by atoms with Crippen LogP contribution in [-0.4, -0.2) is 24.2 Å². The lowest BCUT2D eigenvalue weighted by Gasteiger charge is -2.09. The van der Waals surface area contributed by atoms with Crippen molar-refractivity contribution in [2.24, 2.45) is 0 Å². The quantitative estimate of drug-likeness (QED) is 0.506. The van der Waals surface area contributed by atoms with E-state index in [0.717, 1.165) is 16.2 Å². The van der Waals surface area contributed by atoms with Crippen molar-refractivity contribution in [3.8, 4) is 0 Å². The molecular weight excluding hydrogens is 358 g/mol. The lowest BCUT2D eigenvalue weighted by Crippen LogP contribution is -2.36. The third-order valence-electron chi connectivity index (χ3n) is 3.17. The molecule has 0 radical (unpaired) electrons. The Labute approximate surface area is 156 Å². The van der Waals surface area contributed by atoms with E-state index < -0.39 is 0 Å². The largest absolute Gasteiger partial charge is 0.337 e. The fraction of sp³-hybridized carbons (Fsp3) is 0.222. The van der Waals surface area contributed by atoms with Gasteiger partial charge in [-0.15, -0.1) is 11.8 Å². The Kier molecular flexibility index (Phi) is 7.63. The number of benzene rings is 2. The van der Waals surface area contributed by atoms with Crippen molar-refractivity contribution in [2.45, 2.75) is 18.4 Å². The molecule has 0 aliphatic rings. The third kappa shape index (κ3) is 7.49. The van der Waals surface area contributed by atoms with Crippen LogP contribution in [0.3, 0.4) is 0 Å². The summed E-state index contributed by atoms with van der Waals surface area (Å²) in [5, 5.41) is 9.04. The van der Waals surface area contributed by atoms with Crippen LogP contribution in [0.25, 0.3) is 0 Å². The first-order valence-corrected chi connectivity index (χ1v) is 9.16. The predicted octanol–water partition coefficient (Wildman–Crippen LogP) is 3.89. The van der Waals surface area contributed by atoms with Gasteiger partial charge in [-0.1, -0.05) is 23.7 Å². The first-order valence-electron chi connectivity index (χ1n) is 7.79. The molecule has 0 unspecified atom stereocenters. The predicted molar refractivity (Wildman–Crippen MR) is 103 cm³/mol. The number of hydrogen-bond acceptors (Lipinski definition) is 3. The summed E-state index contributed by atoms with van der Waals surface area (Å²) in [6.45, 7) is 2.41. The van der Waals surface area contributed by atoms with Crippen molar-refractivity contribution in [3.63, 3.8) is 0 Å². The Hall–Kier alpha value is -2.18. The highest BCUT2D eigenvalue weighted by molar-refractivity contribution is 7.99. The fourth-order valence-corrected chi connectivity index (χ4v) is 2.97. The fourth-order valence-electron chi connectivity index (χ4n) is 2.07. The van der Waals surface area contributed by atoms with E-state index in [1.807, 2.05) is 42.5 Å². The first kappa shape index (κ1) is 19.1. The summed E-state index contributed by atoms with van der Waals surface area (Å²) >= 11 is 7.49. The van der Waals surface area contributed by atoms with Gasteiger partial charge < -0.3 is 16.0 Å². The minimum Gasteiger partial charge on any atom is -0.337 e. The molecular formula is C18H20ClN3O2S. The van der Waals surface area contributed by atoms with Crippen molar-refractivity contribution >= 4 is 41.0 Å². The molecule has 3 N–H and O–H groups in total. The first-order chi connectivity index (χ1) is 12.0. The molecule has 2 aromatic carbocycles. The number of thioether (sulfide) groups is 1. The minimum absolute atomic E-state index is 0.124. The molecule has 7 heteroatoms. The van der Waals surface area contributed by atoms with E-state index in [1.54, 1.807) is 17.8 Å². The van der Waals surface area contributed by atoms with Crippen LogP contribution in [-0.2, 0) is 11.3 Å². The highest BCUT2D eigenvalue weighted by Crippen LogP contribution is 2.19. The van der Waals surface area contributed by atoms with Gasteiger partial charge in [0.2, 0.25) is 5.91 Å². The maximum absolute atomic E-state index is 11.8. The standard InChI is InChI=1S/C18H20ClN3O2S/c1-13(23)22-16-4-2-3-14(11-16)12-21-18(24)20-9-10-25-17-7-5-15(19)6-8-17/h2-8,11H,9-10,12H2,1H3,(H,22,23)(H2,20,21,24). The molecule has 2 aromatic rings. The molecule has 0 spiro atoms. The molecule has 5 nitrogen and oxygen atoms in total. The second kappa shape index (κ2) is 9.96. The van der Waals surface area contributed by atoms with Crippen molar-refractivity contribution in [1.29, 1.82) is 0 Å².